The van der Waals surface area contributed by atoms with Gasteiger partial charge in [0.25, 0.3) is 0 Å². The third-order valence-electron chi connectivity index (χ3n) is 5.49. The molecule has 10 nitrogen and oxygen atoms in total. The van der Waals surface area contributed by atoms with Crippen molar-refractivity contribution >= 4 is 56.2 Å². The Bertz CT molecular complexity index is 1400. The molecule has 0 bridgehead atoms. The average molecular weight is 577 g/mol. The van der Waals surface area contributed by atoms with Gasteiger partial charge in [0.2, 0.25) is 0 Å². The maximum absolute atomic E-state index is 13.4. The molecule has 0 fully saturated rings. The number of pyridine rings is 1. The Morgan fingerprint density at radius 2 is 2.06 bits per heavy atom. The summed E-state index contributed by atoms with van der Waals surface area (Å²) in [4.78, 5) is 24.6. The first-order valence-electron chi connectivity index (χ1n) is 11.4. The van der Waals surface area contributed by atoms with E-state index < -0.39 is 11.6 Å². The van der Waals surface area contributed by atoms with E-state index in [2.05, 4.69) is 26.2 Å². The van der Waals surface area contributed by atoms with Crippen molar-refractivity contribution in [2.75, 3.05) is 22.6 Å². The van der Waals surface area contributed by atoms with E-state index in [0.29, 0.717) is 51.9 Å². The van der Waals surface area contributed by atoms with Crippen molar-refractivity contribution in [3.05, 3.63) is 35.5 Å². The number of fused-ring (bicyclic) bond motifs is 1. The van der Waals surface area contributed by atoms with Crippen LogP contribution in [0.15, 0.2) is 35.1 Å². The molecular weight excluding hydrogens is 550 g/mol. The predicted octanol–water partition coefficient (Wildman–Crippen LogP) is 5.93. The topological polar surface area (TPSA) is 125 Å². The van der Waals surface area contributed by atoms with E-state index in [4.69, 9.17) is 36.7 Å². The maximum atomic E-state index is 13.4. The molecule has 4 rings (SSSR count). The molecule has 12 heteroatoms. The molecule has 0 aliphatic carbocycles. The van der Waals surface area contributed by atoms with Crippen LogP contribution in [0.1, 0.15) is 34.1 Å². The third kappa shape index (κ3) is 4.90. The monoisotopic (exact) mass is 575 g/mol. The Morgan fingerprint density at radius 1 is 1.28 bits per heavy atom. The molecule has 0 aliphatic rings. The predicted molar refractivity (Wildman–Crippen MR) is 143 cm³/mol. The van der Waals surface area contributed by atoms with Gasteiger partial charge in [-0.1, -0.05) is 39.7 Å². The van der Waals surface area contributed by atoms with Gasteiger partial charge in [-0.05, 0) is 56.6 Å². The van der Waals surface area contributed by atoms with Crippen LogP contribution in [0.4, 0.5) is 16.3 Å². The van der Waals surface area contributed by atoms with Crippen LogP contribution in [-0.2, 0) is 11.3 Å². The second-order valence-corrected chi connectivity index (χ2v) is 10.3. The normalized spacial score (nSPS) is 11.7. The first-order chi connectivity index (χ1) is 17.2. The minimum atomic E-state index is -0.630. The van der Waals surface area contributed by atoms with Gasteiger partial charge in [0.15, 0.2) is 17.3 Å². The molecule has 1 amide bonds. The Labute approximate surface area is 221 Å². The van der Waals surface area contributed by atoms with Crippen molar-refractivity contribution in [2.24, 2.45) is 0 Å². The van der Waals surface area contributed by atoms with Crippen LogP contribution in [-0.4, -0.2) is 48.4 Å². The number of alkyl halides is 1. The second-order valence-electron chi connectivity index (χ2n) is 9.04. The molecule has 0 unspecified atom stereocenters. The molecule has 0 saturated carbocycles. The number of ether oxygens (including phenoxy) is 1. The lowest BCUT2D eigenvalue weighted by atomic mass is 10.0. The number of halogens is 2. The number of benzene rings is 1. The number of imidazole rings is 1. The van der Waals surface area contributed by atoms with Crippen LogP contribution >= 0.6 is 27.5 Å². The van der Waals surface area contributed by atoms with E-state index in [1.165, 1.54) is 0 Å². The quantitative estimate of drug-likeness (QED) is 0.212. The van der Waals surface area contributed by atoms with Crippen molar-refractivity contribution in [1.29, 1.82) is 0 Å². The lowest BCUT2D eigenvalue weighted by Crippen LogP contribution is -2.46. The van der Waals surface area contributed by atoms with Crippen molar-refractivity contribution in [1.82, 2.24) is 24.8 Å². The van der Waals surface area contributed by atoms with E-state index >= 15 is 0 Å². The maximum Gasteiger partial charge on any atom is 0.414 e. The fraction of sp³-hybridized carbons (Fsp3) is 0.375. The number of nitrogen functional groups attached to an aromatic ring is 1. The van der Waals surface area contributed by atoms with Gasteiger partial charge in [-0.2, -0.15) is 0 Å². The van der Waals surface area contributed by atoms with Crippen LogP contribution in [0.5, 0.6) is 0 Å². The summed E-state index contributed by atoms with van der Waals surface area (Å²) in [6, 6.07) is 7.35. The van der Waals surface area contributed by atoms with Crippen LogP contribution in [0, 0.1) is 0 Å². The van der Waals surface area contributed by atoms with Gasteiger partial charge in [0.05, 0.1) is 29.7 Å². The molecule has 36 heavy (non-hydrogen) atoms. The van der Waals surface area contributed by atoms with Crippen molar-refractivity contribution < 1.29 is 14.2 Å². The Kier molecular flexibility index (Phi) is 7.51. The van der Waals surface area contributed by atoms with Crippen LogP contribution < -0.4 is 10.6 Å². The second kappa shape index (κ2) is 10.4. The first kappa shape index (κ1) is 25.9. The molecule has 0 aliphatic heterocycles. The summed E-state index contributed by atoms with van der Waals surface area (Å²) < 4.78 is 12.4. The summed E-state index contributed by atoms with van der Waals surface area (Å²) in [6.45, 7) is 8.55. The number of nitrogens with two attached hydrogens (primary N) is 1. The van der Waals surface area contributed by atoms with E-state index in [-0.39, 0.29) is 12.4 Å². The van der Waals surface area contributed by atoms with Crippen molar-refractivity contribution in [3.63, 3.8) is 0 Å². The zero-order valence-corrected chi connectivity index (χ0v) is 22.8. The highest BCUT2D eigenvalue weighted by atomic mass is 79.9. The number of aromatic nitrogens is 5. The summed E-state index contributed by atoms with van der Waals surface area (Å²) in [5.41, 5.74) is 8.85. The fourth-order valence-electron chi connectivity index (χ4n) is 3.99. The molecule has 2 N–H and O–H groups in total. The highest BCUT2D eigenvalue weighted by Gasteiger charge is 2.34. The third-order valence-corrected chi connectivity index (χ3v) is 6.28. The van der Waals surface area contributed by atoms with Crippen molar-refractivity contribution in [2.45, 2.75) is 46.2 Å². The SMILES string of the molecule is CCn1c(-c2nonc2N)nc2c(-c3cccc(Cl)c3)ncc(N(C(=O)OCCCBr)C(C)(C)C)c21. The van der Waals surface area contributed by atoms with Crippen LogP contribution in [0.2, 0.25) is 5.02 Å². The minimum Gasteiger partial charge on any atom is -0.449 e. The highest BCUT2D eigenvalue weighted by molar-refractivity contribution is 9.09. The van der Waals surface area contributed by atoms with E-state index in [9.17, 15) is 4.79 Å². The fourth-order valence-corrected chi connectivity index (χ4v) is 4.41. The van der Waals surface area contributed by atoms with Gasteiger partial charge in [-0.3, -0.25) is 9.88 Å². The van der Waals surface area contributed by atoms with Crippen molar-refractivity contribution in [3.8, 4) is 22.8 Å². The molecular formula is C24H27BrClN7O3. The number of nitrogens with zero attached hydrogens (tertiary/aromatic N) is 6. The minimum absolute atomic E-state index is 0.112. The van der Waals surface area contributed by atoms with E-state index in [1.54, 1.807) is 17.2 Å². The first-order valence-corrected chi connectivity index (χ1v) is 12.9. The van der Waals surface area contributed by atoms with Gasteiger partial charge in [0.1, 0.15) is 5.52 Å². The Hall–Kier alpha value is -3.18. The number of aryl methyl sites for hydroxylation is 1. The zero-order valence-electron chi connectivity index (χ0n) is 20.5. The smallest absolute Gasteiger partial charge is 0.414 e. The lowest BCUT2D eigenvalue weighted by molar-refractivity contribution is 0.148. The molecule has 0 spiro atoms. The molecule has 0 atom stereocenters. The van der Waals surface area contributed by atoms with Gasteiger partial charge in [0, 0.05) is 28.0 Å². The molecule has 0 radical (unpaired) electrons. The largest absolute Gasteiger partial charge is 0.449 e. The van der Waals surface area contributed by atoms with Gasteiger partial charge in [-0.25, -0.2) is 14.4 Å². The van der Waals surface area contributed by atoms with Gasteiger partial charge < -0.3 is 15.0 Å². The summed E-state index contributed by atoms with van der Waals surface area (Å²) in [7, 11) is 0. The van der Waals surface area contributed by atoms with E-state index in [0.717, 1.165) is 10.9 Å². The molecule has 3 aromatic heterocycles. The van der Waals surface area contributed by atoms with Gasteiger partial charge >= 0.3 is 6.09 Å². The summed E-state index contributed by atoms with van der Waals surface area (Å²) in [5.74, 6) is 0.561. The number of hydrogen-bond acceptors (Lipinski definition) is 8. The number of carbonyl (C=O) groups excluding carboxylic acids is 1. The van der Waals surface area contributed by atoms with Crippen LogP contribution in [0.3, 0.4) is 0 Å². The standard InChI is InChI=1S/C24H27BrClN7O3/c1-5-32-20-16(33(24(2,3)4)23(34)35-11-7-10-25)13-28-17(14-8-6-9-15(26)12-14)18(20)29-22(32)19-21(27)31-36-30-19/h6,8-9,12-13H,5,7,10-11H2,1-4H3,(H2,27,31). The number of anilines is 2. The summed E-state index contributed by atoms with van der Waals surface area (Å²) in [6.07, 6.45) is 1.88. The lowest BCUT2D eigenvalue weighted by Gasteiger charge is -2.35. The number of hydrogen-bond donors (Lipinski definition) is 1. The average Bonchev–Trinajstić information content (AvgIpc) is 3.41. The highest BCUT2D eigenvalue weighted by Crippen LogP contribution is 2.39. The van der Waals surface area contributed by atoms with Crippen LogP contribution in [0.25, 0.3) is 33.8 Å². The molecule has 4 aromatic rings. The summed E-state index contributed by atoms with van der Waals surface area (Å²) in [5, 5.41) is 8.98. The number of amides is 1. The summed E-state index contributed by atoms with van der Waals surface area (Å²) >= 11 is 9.65. The Morgan fingerprint density at radius 3 is 2.67 bits per heavy atom. The number of rotatable bonds is 7. The molecule has 1 aromatic carbocycles. The van der Waals surface area contributed by atoms with Gasteiger partial charge in [-0.15, -0.1) is 0 Å². The molecule has 3 heterocycles. The molecule has 0 saturated heterocycles. The number of carbonyl (C=O) groups is 1. The molecule has 190 valence electrons. The van der Waals surface area contributed by atoms with E-state index in [1.807, 2.05) is 50.5 Å². The zero-order chi connectivity index (χ0) is 26.0. The Balaban J connectivity index is 2.03.